The molecule has 0 radical (unpaired) electrons. The first-order valence-electron chi connectivity index (χ1n) is 7.69. The van der Waals surface area contributed by atoms with E-state index in [0.29, 0.717) is 5.92 Å². The molecule has 0 heterocycles. The summed E-state index contributed by atoms with van der Waals surface area (Å²) < 4.78 is 6.12. The van der Waals surface area contributed by atoms with Gasteiger partial charge in [0.1, 0.15) is 5.75 Å². The molecule has 0 saturated heterocycles. The van der Waals surface area contributed by atoms with Crippen molar-refractivity contribution in [2.24, 2.45) is 5.92 Å². The largest absolute Gasteiger partial charge is 0.493 e. The molecule has 2 rings (SSSR count). The molecule has 0 amide bonds. The van der Waals surface area contributed by atoms with Gasteiger partial charge in [0.2, 0.25) is 0 Å². The van der Waals surface area contributed by atoms with E-state index in [1.54, 1.807) is 0 Å². The first-order chi connectivity index (χ1) is 9.24. The van der Waals surface area contributed by atoms with Crippen LogP contribution in [0.3, 0.4) is 0 Å². The summed E-state index contributed by atoms with van der Waals surface area (Å²) in [5, 5.41) is 3.58. The van der Waals surface area contributed by atoms with E-state index in [-0.39, 0.29) is 0 Å². The summed E-state index contributed by atoms with van der Waals surface area (Å²) in [6.07, 6.45) is 5.04. The minimum Gasteiger partial charge on any atom is -0.493 e. The average molecular weight is 261 g/mol. The standard InChI is InChI=1S/C17H27NO/c1-4-14(5-2)12-19-17-13(3)7-6-8-15(17)11-18-16-9-10-16/h6-8,14,16,18H,4-5,9-12H2,1-3H3. The number of ether oxygens (including phenoxy) is 1. The maximum absolute atomic E-state index is 6.12. The molecule has 106 valence electrons. The number of para-hydroxylation sites is 1. The van der Waals surface area contributed by atoms with Crippen molar-refractivity contribution in [1.29, 1.82) is 0 Å². The van der Waals surface area contributed by atoms with Crippen LogP contribution in [0.5, 0.6) is 5.75 Å². The minimum absolute atomic E-state index is 0.670. The van der Waals surface area contributed by atoms with Gasteiger partial charge in [-0.3, -0.25) is 0 Å². The normalized spacial score (nSPS) is 14.9. The highest BCUT2D eigenvalue weighted by Crippen LogP contribution is 2.26. The Morgan fingerprint density at radius 1 is 1.26 bits per heavy atom. The third-order valence-corrected chi connectivity index (χ3v) is 4.07. The van der Waals surface area contributed by atoms with Crippen molar-refractivity contribution < 1.29 is 4.74 Å². The molecular weight excluding hydrogens is 234 g/mol. The highest BCUT2D eigenvalue weighted by atomic mass is 16.5. The third-order valence-electron chi connectivity index (χ3n) is 4.07. The molecule has 1 fully saturated rings. The van der Waals surface area contributed by atoms with E-state index in [1.165, 1.54) is 36.8 Å². The van der Waals surface area contributed by atoms with Crippen LogP contribution in [-0.4, -0.2) is 12.6 Å². The Bertz CT molecular complexity index is 394. The fraction of sp³-hybridized carbons (Fsp3) is 0.647. The van der Waals surface area contributed by atoms with E-state index >= 15 is 0 Å². The Balaban J connectivity index is 1.99. The monoisotopic (exact) mass is 261 g/mol. The van der Waals surface area contributed by atoms with Gasteiger partial charge in [-0.2, -0.15) is 0 Å². The van der Waals surface area contributed by atoms with Crippen LogP contribution in [0.25, 0.3) is 0 Å². The van der Waals surface area contributed by atoms with Gasteiger partial charge in [0, 0.05) is 18.2 Å². The van der Waals surface area contributed by atoms with E-state index in [2.05, 4.69) is 44.3 Å². The minimum atomic E-state index is 0.670. The van der Waals surface area contributed by atoms with E-state index in [4.69, 9.17) is 4.74 Å². The molecule has 0 bridgehead atoms. The summed E-state index contributed by atoms with van der Waals surface area (Å²) in [5.41, 5.74) is 2.55. The number of nitrogens with one attached hydrogen (secondary N) is 1. The zero-order valence-electron chi connectivity index (χ0n) is 12.5. The Morgan fingerprint density at radius 3 is 2.63 bits per heavy atom. The number of rotatable bonds is 8. The highest BCUT2D eigenvalue weighted by molar-refractivity contribution is 5.40. The van der Waals surface area contributed by atoms with Gasteiger partial charge in [-0.15, -0.1) is 0 Å². The first kappa shape index (κ1) is 14.4. The second kappa shape index (κ2) is 6.95. The SMILES string of the molecule is CCC(CC)COc1c(C)cccc1CNC1CC1. The van der Waals surface area contributed by atoms with E-state index in [1.807, 2.05) is 0 Å². The van der Waals surface area contributed by atoms with Crippen LogP contribution in [0.2, 0.25) is 0 Å². The Labute approximate surface area is 117 Å². The Hall–Kier alpha value is -1.02. The lowest BCUT2D eigenvalue weighted by molar-refractivity contribution is 0.237. The molecule has 1 aromatic rings. The van der Waals surface area contributed by atoms with Crippen molar-refractivity contribution in [2.75, 3.05) is 6.61 Å². The van der Waals surface area contributed by atoms with Crippen molar-refractivity contribution in [1.82, 2.24) is 5.32 Å². The van der Waals surface area contributed by atoms with Crippen LogP contribution in [0.4, 0.5) is 0 Å². The predicted octanol–water partition coefficient (Wildman–Crippen LogP) is 4.06. The Kier molecular flexibility index (Phi) is 5.26. The van der Waals surface area contributed by atoms with Gasteiger partial charge < -0.3 is 10.1 Å². The van der Waals surface area contributed by atoms with Crippen molar-refractivity contribution in [2.45, 2.75) is 59.0 Å². The van der Waals surface area contributed by atoms with E-state index in [0.717, 1.165) is 24.9 Å². The summed E-state index contributed by atoms with van der Waals surface area (Å²) in [7, 11) is 0. The van der Waals surface area contributed by atoms with Crippen molar-refractivity contribution in [3.05, 3.63) is 29.3 Å². The molecule has 0 aliphatic heterocycles. The van der Waals surface area contributed by atoms with Crippen molar-refractivity contribution in [3.63, 3.8) is 0 Å². The average Bonchev–Trinajstić information content (AvgIpc) is 3.23. The molecular formula is C17H27NO. The quantitative estimate of drug-likeness (QED) is 0.762. The molecule has 0 atom stereocenters. The molecule has 1 saturated carbocycles. The summed E-state index contributed by atoms with van der Waals surface area (Å²) in [6.45, 7) is 8.40. The molecule has 2 nitrogen and oxygen atoms in total. The maximum atomic E-state index is 6.12. The molecule has 1 N–H and O–H groups in total. The first-order valence-corrected chi connectivity index (χ1v) is 7.69. The van der Waals surface area contributed by atoms with E-state index < -0.39 is 0 Å². The topological polar surface area (TPSA) is 21.3 Å². The van der Waals surface area contributed by atoms with Crippen LogP contribution in [0.15, 0.2) is 18.2 Å². The smallest absolute Gasteiger partial charge is 0.126 e. The zero-order chi connectivity index (χ0) is 13.7. The van der Waals surface area contributed by atoms with Gasteiger partial charge in [0.05, 0.1) is 6.61 Å². The number of hydrogen-bond acceptors (Lipinski definition) is 2. The lowest BCUT2D eigenvalue weighted by atomic mass is 10.0. The fourth-order valence-electron chi connectivity index (χ4n) is 2.33. The van der Waals surface area contributed by atoms with Crippen molar-refractivity contribution >= 4 is 0 Å². The molecule has 0 unspecified atom stereocenters. The summed E-state index contributed by atoms with van der Waals surface area (Å²) >= 11 is 0. The second-order valence-electron chi connectivity index (χ2n) is 5.71. The van der Waals surface area contributed by atoms with Gasteiger partial charge in [0.25, 0.3) is 0 Å². The van der Waals surface area contributed by atoms with Crippen molar-refractivity contribution in [3.8, 4) is 5.75 Å². The number of hydrogen-bond donors (Lipinski definition) is 1. The summed E-state index contributed by atoms with van der Waals surface area (Å²) in [6, 6.07) is 7.20. The van der Waals surface area contributed by atoms with Crippen LogP contribution < -0.4 is 10.1 Å². The molecule has 0 spiro atoms. The summed E-state index contributed by atoms with van der Waals surface area (Å²) in [4.78, 5) is 0. The van der Waals surface area contributed by atoms with Gasteiger partial charge >= 0.3 is 0 Å². The second-order valence-corrected chi connectivity index (χ2v) is 5.71. The van der Waals surface area contributed by atoms with Crippen LogP contribution in [0.1, 0.15) is 50.7 Å². The van der Waals surface area contributed by atoms with Crippen LogP contribution in [0, 0.1) is 12.8 Å². The molecule has 1 aliphatic carbocycles. The maximum Gasteiger partial charge on any atom is 0.126 e. The molecule has 2 heteroatoms. The van der Waals surface area contributed by atoms with Crippen LogP contribution >= 0.6 is 0 Å². The lowest BCUT2D eigenvalue weighted by Gasteiger charge is -2.18. The lowest BCUT2D eigenvalue weighted by Crippen LogP contribution is -2.17. The van der Waals surface area contributed by atoms with E-state index in [9.17, 15) is 0 Å². The number of aryl methyl sites for hydroxylation is 1. The van der Waals surface area contributed by atoms with Gasteiger partial charge in [-0.25, -0.2) is 0 Å². The van der Waals surface area contributed by atoms with Gasteiger partial charge in [0.15, 0.2) is 0 Å². The summed E-state index contributed by atoms with van der Waals surface area (Å²) in [5.74, 6) is 1.77. The third kappa shape index (κ3) is 4.24. The fourth-order valence-corrected chi connectivity index (χ4v) is 2.33. The molecule has 0 aromatic heterocycles. The molecule has 1 aromatic carbocycles. The highest BCUT2D eigenvalue weighted by Gasteiger charge is 2.21. The number of benzene rings is 1. The Morgan fingerprint density at radius 2 is 2.00 bits per heavy atom. The van der Waals surface area contributed by atoms with Crippen LogP contribution in [-0.2, 0) is 6.54 Å². The molecule has 19 heavy (non-hydrogen) atoms. The van der Waals surface area contributed by atoms with Gasteiger partial charge in [-0.1, -0.05) is 44.9 Å². The molecule has 1 aliphatic rings. The zero-order valence-corrected chi connectivity index (χ0v) is 12.5. The van der Waals surface area contributed by atoms with Gasteiger partial charge in [-0.05, 0) is 31.2 Å². The predicted molar refractivity (Wildman–Crippen MR) is 80.6 cm³/mol.